The molecule has 0 spiro atoms. The summed E-state index contributed by atoms with van der Waals surface area (Å²) in [6, 6.07) is 2.70. The summed E-state index contributed by atoms with van der Waals surface area (Å²) >= 11 is 0. The second kappa shape index (κ2) is 8.31. The molecule has 1 rings (SSSR count). The molecule has 0 saturated heterocycles. The monoisotopic (exact) mass is 363 g/mol. The molecule has 0 unspecified atom stereocenters. The normalized spacial score (nSPS) is 10.9. The van der Waals surface area contributed by atoms with Gasteiger partial charge in [0, 0.05) is 33.1 Å². The number of nitrogens with zero attached hydrogens (tertiary/aromatic N) is 2. The summed E-state index contributed by atoms with van der Waals surface area (Å²) in [6.45, 7) is -1.68. The van der Waals surface area contributed by atoms with Crippen molar-refractivity contribution in [3.63, 3.8) is 0 Å². The molecular formula is C14H16F3N3O5. The van der Waals surface area contributed by atoms with Crippen LogP contribution in [0.4, 0.5) is 18.9 Å². The lowest BCUT2D eigenvalue weighted by Crippen LogP contribution is -2.30. The van der Waals surface area contributed by atoms with Gasteiger partial charge in [0.25, 0.3) is 11.6 Å². The molecule has 0 bridgehead atoms. The molecule has 138 valence electrons. The van der Waals surface area contributed by atoms with Crippen LogP contribution in [0.5, 0.6) is 5.75 Å². The minimum atomic E-state index is -4.59. The van der Waals surface area contributed by atoms with Crippen molar-refractivity contribution >= 4 is 17.5 Å². The predicted octanol–water partition coefficient (Wildman–Crippen LogP) is 1.74. The first-order valence-electron chi connectivity index (χ1n) is 6.97. The van der Waals surface area contributed by atoms with Crippen molar-refractivity contribution in [2.24, 2.45) is 0 Å². The number of hydrogen-bond acceptors (Lipinski definition) is 5. The number of alkyl halides is 3. The fourth-order valence-electron chi connectivity index (χ4n) is 1.71. The Morgan fingerprint density at radius 3 is 2.48 bits per heavy atom. The molecule has 1 N–H and O–H groups in total. The molecule has 0 aliphatic carbocycles. The minimum Gasteiger partial charge on any atom is -0.484 e. The first-order valence-corrected chi connectivity index (χ1v) is 6.97. The first kappa shape index (κ1) is 20.2. The molecule has 0 aliphatic heterocycles. The Bertz CT molecular complexity index is 662. The van der Waals surface area contributed by atoms with Gasteiger partial charge in [0.05, 0.1) is 4.92 Å². The van der Waals surface area contributed by atoms with Crippen LogP contribution < -0.4 is 10.1 Å². The van der Waals surface area contributed by atoms with Gasteiger partial charge in [-0.25, -0.2) is 0 Å². The Kier molecular flexibility index (Phi) is 6.71. The number of halogens is 3. The third-order valence-electron chi connectivity index (χ3n) is 2.94. The van der Waals surface area contributed by atoms with E-state index in [2.05, 4.69) is 10.1 Å². The summed E-state index contributed by atoms with van der Waals surface area (Å²) in [5, 5.41) is 13.3. The highest BCUT2D eigenvalue weighted by Gasteiger charge is 2.29. The lowest BCUT2D eigenvalue weighted by atomic mass is 10.1. The van der Waals surface area contributed by atoms with E-state index in [9.17, 15) is 32.9 Å². The highest BCUT2D eigenvalue weighted by atomic mass is 19.4. The van der Waals surface area contributed by atoms with Crippen LogP contribution >= 0.6 is 0 Å². The fraction of sp³-hybridized carbons (Fsp3) is 0.429. The van der Waals surface area contributed by atoms with Gasteiger partial charge in [0.1, 0.15) is 11.3 Å². The Balaban J connectivity index is 2.88. The van der Waals surface area contributed by atoms with Crippen molar-refractivity contribution in [3.8, 4) is 5.75 Å². The average Bonchev–Trinajstić information content (AvgIpc) is 2.51. The van der Waals surface area contributed by atoms with Crippen LogP contribution in [0.3, 0.4) is 0 Å². The van der Waals surface area contributed by atoms with Gasteiger partial charge in [0.2, 0.25) is 5.91 Å². The molecule has 0 radical (unpaired) electrons. The summed E-state index contributed by atoms with van der Waals surface area (Å²) in [5.41, 5.74) is -1.04. The summed E-state index contributed by atoms with van der Waals surface area (Å²) in [6.07, 6.45) is -4.62. The molecule has 0 aromatic heterocycles. The van der Waals surface area contributed by atoms with Gasteiger partial charge < -0.3 is 15.0 Å². The quantitative estimate of drug-likeness (QED) is 0.587. The number of ether oxygens (including phenoxy) is 1. The number of nitro benzene ring substituents is 1. The highest BCUT2D eigenvalue weighted by molar-refractivity contribution is 5.98. The zero-order valence-corrected chi connectivity index (χ0v) is 13.4. The third kappa shape index (κ3) is 6.65. The topological polar surface area (TPSA) is 102 Å². The minimum absolute atomic E-state index is 0.0310. The van der Waals surface area contributed by atoms with Crippen molar-refractivity contribution in [1.29, 1.82) is 0 Å². The zero-order chi connectivity index (χ0) is 19.2. The zero-order valence-electron chi connectivity index (χ0n) is 13.4. The van der Waals surface area contributed by atoms with Crippen molar-refractivity contribution in [1.82, 2.24) is 10.2 Å². The van der Waals surface area contributed by atoms with Crippen LogP contribution in [0.25, 0.3) is 0 Å². The second-order valence-corrected chi connectivity index (χ2v) is 5.13. The molecule has 0 fully saturated rings. The first-order chi connectivity index (χ1) is 11.5. The van der Waals surface area contributed by atoms with E-state index in [1.54, 1.807) is 0 Å². The van der Waals surface area contributed by atoms with Crippen molar-refractivity contribution in [2.45, 2.75) is 12.6 Å². The van der Waals surface area contributed by atoms with Gasteiger partial charge in [-0.2, -0.15) is 13.2 Å². The number of amides is 2. The van der Waals surface area contributed by atoms with E-state index in [1.807, 2.05) is 0 Å². The second-order valence-electron chi connectivity index (χ2n) is 5.13. The average molecular weight is 363 g/mol. The van der Waals surface area contributed by atoms with Gasteiger partial charge in [-0.05, 0) is 12.1 Å². The van der Waals surface area contributed by atoms with E-state index < -0.39 is 34.9 Å². The maximum Gasteiger partial charge on any atom is 0.422 e. The largest absolute Gasteiger partial charge is 0.484 e. The van der Waals surface area contributed by atoms with Gasteiger partial charge in [-0.1, -0.05) is 0 Å². The molecule has 0 atom stereocenters. The van der Waals surface area contributed by atoms with E-state index in [4.69, 9.17) is 0 Å². The van der Waals surface area contributed by atoms with Gasteiger partial charge >= 0.3 is 6.18 Å². The van der Waals surface area contributed by atoms with Crippen LogP contribution in [-0.2, 0) is 4.79 Å². The van der Waals surface area contributed by atoms with E-state index in [1.165, 1.54) is 19.0 Å². The molecule has 2 amide bonds. The molecule has 0 heterocycles. The lowest BCUT2D eigenvalue weighted by Gasteiger charge is -2.12. The predicted molar refractivity (Wildman–Crippen MR) is 80.3 cm³/mol. The molecule has 0 aliphatic rings. The van der Waals surface area contributed by atoms with Crippen LogP contribution in [0.15, 0.2) is 18.2 Å². The van der Waals surface area contributed by atoms with Crippen molar-refractivity contribution in [3.05, 3.63) is 33.9 Å². The maximum atomic E-state index is 12.2. The SMILES string of the molecule is CN(C)C(=O)CCNC(=O)c1cc(OCC(F)(F)F)ccc1[N+](=O)[O-]. The van der Waals surface area contributed by atoms with E-state index in [0.717, 1.165) is 18.2 Å². The van der Waals surface area contributed by atoms with Gasteiger partial charge in [-0.15, -0.1) is 0 Å². The Morgan fingerprint density at radius 2 is 1.96 bits per heavy atom. The molecule has 1 aromatic carbocycles. The number of hydrogen-bond donors (Lipinski definition) is 1. The fourth-order valence-corrected chi connectivity index (χ4v) is 1.71. The Hall–Kier alpha value is -2.85. The summed E-state index contributed by atoms with van der Waals surface area (Å²) in [5.74, 6) is -1.50. The number of carbonyl (C=O) groups excluding carboxylic acids is 2. The number of rotatable bonds is 7. The standard InChI is InChI=1S/C14H16F3N3O5/c1-19(2)12(21)5-6-18-13(22)10-7-9(25-8-14(15,16)17)3-4-11(10)20(23)24/h3-4,7H,5-6,8H2,1-2H3,(H,18,22). The molecule has 0 saturated carbocycles. The Morgan fingerprint density at radius 1 is 1.32 bits per heavy atom. The van der Waals surface area contributed by atoms with E-state index >= 15 is 0 Å². The van der Waals surface area contributed by atoms with E-state index in [-0.39, 0.29) is 24.6 Å². The van der Waals surface area contributed by atoms with E-state index in [0.29, 0.717) is 0 Å². The number of carbonyl (C=O) groups is 2. The number of nitro groups is 1. The molecule has 25 heavy (non-hydrogen) atoms. The van der Waals surface area contributed by atoms with Gasteiger partial charge in [-0.3, -0.25) is 19.7 Å². The Labute approximate surface area is 140 Å². The molecule has 1 aromatic rings. The summed E-state index contributed by atoms with van der Waals surface area (Å²) in [4.78, 5) is 34.9. The van der Waals surface area contributed by atoms with Crippen LogP contribution in [-0.4, -0.2) is 55.1 Å². The smallest absolute Gasteiger partial charge is 0.422 e. The van der Waals surface area contributed by atoms with Crippen LogP contribution in [0.1, 0.15) is 16.8 Å². The maximum absolute atomic E-state index is 12.2. The lowest BCUT2D eigenvalue weighted by molar-refractivity contribution is -0.385. The molecule has 11 heteroatoms. The highest BCUT2D eigenvalue weighted by Crippen LogP contribution is 2.25. The number of nitrogens with one attached hydrogen (secondary N) is 1. The van der Waals surface area contributed by atoms with Crippen molar-refractivity contribution < 1.29 is 32.4 Å². The molecular weight excluding hydrogens is 347 g/mol. The summed E-state index contributed by atoms with van der Waals surface area (Å²) < 4.78 is 41.0. The van der Waals surface area contributed by atoms with Crippen molar-refractivity contribution in [2.75, 3.05) is 27.2 Å². The number of benzene rings is 1. The van der Waals surface area contributed by atoms with Gasteiger partial charge in [0.15, 0.2) is 6.61 Å². The third-order valence-corrected chi connectivity index (χ3v) is 2.94. The molecule has 8 nitrogen and oxygen atoms in total. The summed E-state index contributed by atoms with van der Waals surface area (Å²) in [7, 11) is 3.05. The van der Waals surface area contributed by atoms with Crippen LogP contribution in [0.2, 0.25) is 0 Å². The van der Waals surface area contributed by atoms with Crippen LogP contribution in [0, 0.1) is 10.1 Å².